The number of carbonyl (C=O) groups is 1. The first-order valence-electron chi connectivity index (χ1n) is 10.5. The summed E-state index contributed by atoms with van der Waals surface area (Å²) in [5, 5.41) is 0. The van der Waals surface area contributed by atoms with Crippen molar-refractivity contribution in [2.24, 2.45) is 5.92 Å². The molecule has 172 valence electrons. The Labute approximate surface area is 182 Å². The number of rotatable bonds is 3. The number of hydrogen-bond acceptors (Lipinski definition) is 4. The van der Waals surface area contributed by atoms with Gasteiger partial charge in [-0.25, -0.2) is 18.0 Å². The molecule has 2 fully saturated rings. The molecule has 2 unspecified atom stereocenters. The second-order valence-corrected chi connectivity index (χ2v) is 10.3. The number of alkyl halides is 2. The lowest BCUT2D eigenvalue weighted by molar-refractivity contribution is 0.00578. The number of ether oxygens (including phenoxy) is 1. The minimum Gasteiger partial charge on any atom is -0.444 e. The number of halogens is 3. The average Bonchev–Trinajstić information content (AvgIpc) is 3.12. The molecule has 2 atom stereocenters. The minimum absolute atomic E-state index is 0.0339. The van der Waals surface area contributed by atoms with Gasteiger partial charge in [0.1, 0.15) is 11.4 Å². The van der Waals surface area contributed by atoms with Crippen LogP contribution >= 0.6 is 0 Å². The van der Waals surface area contributed by atoms with Gasteiger partial charge >= 0.3 is 13.2 Å². The largest absolute Gasteiger partial charge is 0.497 e. The van der Waals surface area contributed by atoms with E-state index in [1.807, 2.05) is 27.7 Å². The molecule has 0 aromatic heterocycles. The fourth-order valence-electron chi connectivity index (χ4n) is 3.80. The van der Waals surface area contributed by atoms with Crippen LogP contribution in [0.15, 0.2) is 18.2 Å². The van der Waals surface area contributed by atoms with E-state index in [1.165, 1.54) is 17.0 Å². The zero-order valence-corrected chi connectivity index (χ0v) is 19.2. The third kappa shape index (κ3) is 4.87. The summed E-state index contributed by atoms with van der Waals surface area (Å²) >= 11 is 0. The van der Waals surface area contributed by atoms with Crippen LogP contribution in [-0.4, -0.2) is 47.9 Å². The van der Waals surface area contributed by atoms with E-state index >= 15 is 4.39 Å². The van der Waals surface area contributed by atoms with Gasteiger partial charge in [0.05, 0.1) is 17.2 Å². The number of amides is 1. The zero-order chi connectivity index (χ0) is 23.4. The maximum atomic E-state index is 15.1. The van der Waals surface area contributed by atoms with Crippen molar-refractivity contribution in [2.75, 3.05) is 6.54 Å². The SMILES string of the molecule is CC(C)(C)OC(=O)N1CC(C(F)F)CC1c1ccc(B2OC(C)(C)C(C)(C)O2)c(F)c1. The van der Waals surface area contributed by atoms with Crippen LogP contribution in [0, 0.1) is 11.7 Å². The molecule has 0 aliphatic carbocycles. The Balaban J connectivity index is 1.87. The first-order valence-corrected chi connectivity index (χ1v) is 10.5. The summed E-state index contributed by atoms with van der Waals surface area (Å²) in [4.78, 5) is 13.9. The van der Waals surface area contributed by atoms with Crippen LogP contribution < -0.4 is 5.46 Å². The Kier molecular flexibility index (Phi) is 6.17. The Morgan fingerprint density at radius 2 is 1.77 bits per heavy atom. The van der Waals surface area contributed by atoms with E-state index in [4.69, 9.17) is 14.0 Å². The average molecular weight is 441 g/mol. The van der Waals surface area contributed by atoms with Crippen LogP contribution in [0.5, 0.6) is 0 Å². The summed E-state index contributed by atoms with van der Waals surface area (Å²) in [6, 6.07) is 3.75. The molecule has 2 aliphatic rings. The molecule has 2 heterocycles. The number of likely N-dealkylation sites (tertiary alicyclic amines) is 1. The molecule has 2 aliphatic heterocycles. The number of benzene rings is 1. The van der Waals surface area contributed by atoms with Crippen LogP contribution in [0.2, 0.25) is 0 Å². The topological polar surface area (TPSA) is 48.0 Å². The lowest BCUT2D eigenvalue weighted by Crippen LogP contribution is -2.41. The highest BCUT2D eigenvalue weighted by Crippen LogP contribution is 2.40. The van der Waals surface area contributed by atoms with Crippen LogP contribution in [0.1, 0.15) is 66.5 Å². The molecule has 0 saturated carbocycles. The number of hydrogen-bond donors (Lipinski definition) is 0. The summed E-state index contributed by atoms with van der Waals surface area (Å²) in [5.74, 6) is -1.57. The predicted molar refractivity (Wildman–Crippen MR) is 112 cm³/mol. The third-order valence-electron chi connectivity index (χ3n) is 6.23. The van der Waals surface area contributed by atoms with E-state index in [0.717, 1.165) is 0 Å². The second kappa shape index (κ2) is 7.99. The van der Waals surface area contributed by atoms with Crippen molar-refractivity contribution in [3.8, 4) is 0 Å². The van der Waals surface area contributed by atoms with Gasteiger partial charge in [-0.15, -0.1) is 0 Å². The van der Waals surface area contributed by atoms with Gasteiger partial charge in [-0.2, -0.15) is 0 Å². The molecule has 2 saturated heterocycles. The van der Waals surface area contributed by atoms with Crippen molar-refractivity contribution >= 4 is 18.7 Å². The van der Waals surface area contributed by atoms with Gasteiger partial charge in [0.15, 0.2) is 0 Å². The molecule has 1 amide bonds. The van der Waals surface area contributed by atoms with Gasteiger partial charge in [0.25, 0.3) is 0 Å². The van der Waals surface area contributed by atoms with Gasteiger partial charge in [-0.3, -0.25) is 0 Å². The summed E-state index contributed by atoms with van der Waals surface area (Å²) in [7, 11) is -0.876. The first-order chi connectivity index (χ1) is 14.1. The van der Waals surface area contributed by atoms with Gasteiger partial charge in [-0.05, 0) is 66.5 Å². The molecule has 1 aromatic rings. The molecule has 0 radical (unpaired) electrons. The summed E-state index contributed by atoms with van der Waals surface area (Å²) in [5.41, 5.74) is -1.34. The molecule has 1 aromatic carbocycles. The van der Waals surface area contributed by atoms with Gasteiger partial charge in [-0.1, -0.05) is 12.1 Å². The Morgan fingerprint density at radius 1 is 1.19 bits per heavy atom. The lowest BCUT2D eigenvalue weighted by Gasteiger charge is -2.32. The maximum Gasteiger partial charge on any atom is 0.497 e. The first kappa shape index (κ1) is 23.9. The van der Waals surface area contributed by atoms with E-state index in [2.05, 4.69) is 0 Å². The Hall–Kier alpha value is -1.74. The van der Waals surface area contributed by atoms with Crippen molar-refractivity contribution in [3.05, 3.63) is 29.6 Å². The highest BCUT2D eigenvalue weighted by atomic mass is 19.3. The normalized spacial score (nSPS) is 25.4. The van der Waals surface area contributed by atoms with Crippen LogP contribution in [0.4, 0.5) is 18.0 Å². The van der Waals surface area contributed by atoms with E-state index in [-0.39, 0.29) is 18.4 Å². The standard InChI is InChI=1S/C22H31BF3NO4/c1-20(2,3)29-19(28)27-12-14(18(25)26)11-17(27)13-8-9-15(16(24)10-13)23-30-21(4,5)22(6,7)31-23/h8-10,14,17-18H,11-12H2,1-7H3. The quantitative estimate of drug-likeness (QED) is 0.639. The molecule has 31 heavy (non-hydrogen) atoms. The van der Waals surface area contributed by atoms with Crippen molar-refractivity contribution in [2.45, 2.75) is 84.2 Å². The summed E-state index contributed by atoms with van der Waals surface area (Å²) in [6.45, 7) is 12.5. The van der Waals surface area contributed by atoms with Crippen molar-refractivity contribution in [1.29, 1.82) is 0 Å². The fourth-order valence-corrected chi connectivity index (χ4v) is 3.80. The number of carbonyl (C=O) groups excluding carboxylic acids is 1. The summed E-state index contributed by atoms with van der Waals surface area (Å²) < 4.78 is 59.1. The highest BCUT2D eigenvalue weighted by Gasteiger charge is 2.52. The molecule has 5 nitrogen and oxygen atoms in total. The predicted octanol–water partition coefficient (Wildman–Crippen LogP) is 4.69. The molecule has 0 spiro atoms. The molecular weight excluding hydrogens is 410 g/mol. The molecule has 9 heteroatoms. The smallest absolute Gasteiger partial charge is 0.444 e. The minimum atomic E-state index is -2.58. The maximum absolute atomic E-state index is 15.1. The van der Waals surface area contributed by atoms with Gasteiger partial charge < -0.3 is 18.9 Å². The van der Waals surface area contributed by atoms with Crippen molar-refractivity contribution in [1.82, 2.24) is 4.90 Å². The Morgan fingerprint density at radius 3 is 2.26 bits per heavy atom. The van der Waals surface area contributed by atoms with Crippen LogP contribution in [0.25, 0.3) is 0 Å². The monoisotopic (exact) mass is 441 g/mol. The molecular formula is C22H31BF3NO4. The van der Waals surface area contributed by atoms with E-state index in [1.54, 1.807) is 26.8 Å². The molecule has 0 bridgehead atoms. The van der Waals surface area contributed by atoms with Crippen molar-refractivity contribution in [3.63, 3.8) is 0 Å². The van der Waals surface area contributed by atoms with E-state index in [9.17, 15) is 13.6 Å². The fraction of sp³-hybridized carbons (Fsp3) is 0.682. The number of nitrogens with zero attached hydrogens (tertiary/aromatic N) is 1. The lowest BCUT2D eigenvalue weighted by atomic mass is 9.78. The summed E-state index contributed by atoms with van der Waals surface area (Å²) in [6.07, 6.45) is -3.23. The van der Waals surface area contributed by atoms with E-state index < -0.39 is 54.2 Å². The van der Waals surface area contributed by atoms with Crippen LogP contribution in [-0.2, 0) is 14.0 Å². The van der Waals surface area contributed by atoms with E-state index in [0.29, 0.717) is 5.56 Å². The molecule has 0 N–H and O–H groups in total. The van der Waals surface area contributed by atoms with Crippen LogP contribution in [0.3, 0.4) is 0 Å². The molecule has 3 rings (SSSR count). The Bertz CT molecular complexity index is 825. The van der Waals surface area contributed by atoms with Gasteiger partial charge in [0, 0.05) is 17.9 Å². The second-order valence-electron chi connectivity index (χ2n) is 10.3. The van der Waals surface area contributed by atoms with Crippen molar-refractivity contribution < 1.29 is 32.0 Å². The third-order valence-corrected chi connectivity index (χ3v) is 6.23. The zero-order valence-electron chi connectivity index (χ0n) is 19.2. The van der Waals surface area contributed by atoms with Gasteiger partial charge in [0.2, 0.25) is 6.43 Å². The highest BCUT2D eigenvalue weighted by molar-refractivity contribution is 6.62.